The number of amidine groups is 1. The zero-order valence-corrected chi connectivity index (χ0v) is 20.6. The van der Waals surface area contributed by atoms with Crippen LogP contribution in [0.4, 0.5) is 5.13 Å². The Balaban J connectivity index is 1.65. The maximum atomic E-state index is 12.9. The average Bonchev–Trinajstić information content (AvgIpc) is 3.24. The van der Waals surface area contributed by atoms with Crippen molar-refractivity contribution in [2.75, 3.05) is 18.9 Å². The second kappa shape index (κ2) is 11.0. The van der Waals surface area contributed by atoms with Gasteiger partial charge >= 0.3 is 10.3 Å². The van der Waals surface area contributed by atoms with Crippen molar-refractivity contribution in [3.63, 3.8) is 0 Å². The number of ketones is 1. The van der Waals surface area contributed by atoms with Gasteiger partial charge in [-0.1, -0.05) is 5.16 Å². The van der Waals surface area contributed by atoms with Crippen LogP contribution in [0.15, 0.2) is 28.7 Å². The third kappa shape index (κ3) is 5.96. The quantitative estimate of drug-likeness (QED) is 0.0596. The van der Waals surface area contributed by atoms with Crippen LogP contribution in [0, 0.1) is 11.3 Å². The van der Waals surface area contributed by atoms with Crippen molar-refractivity contribution in [2.24, 2.45) is 16.8 Å². The number of hydrogen-bond acceptors (Lipinski definition) is 12. The number of benzene rings is 1. The summed E-state index contributed by atoms with van der Waals surface area (Å²) >= 11 is 1.06. The van der Waals surface area contributed by atoms with Gasteiger partial charge < -0.3 is 26.1 Å². The van der Waals surface area contributed by atoms with Crippen molar-refractivity contribution in [3.05, 3.63) is 40.4 Å². The lowest BCUT2D eigenvalue weighted by Crippen LogP contribution is -2.62. The third-order valence-corrected chi connectivity index (χ3v) is 6.98. The predicted octanol–water partition coefficient (Wildman–Crippen LogP) is -0.0897. The first-order valence-corrected chi connectivity index (χ1v) is 12.7. The maximum Gasteiger partial charge on any atom is 0.362 e. The van der Waals surface area contributed by atoms with E-state index in [1.54, 1.807) is 12.1 Å². The largest absolute Gasteiger partial charge is 0.490 e. The van der Waals surface area contributed by atoms with Gasteiger partial charge in [0.05, 0.1) is 18.6 Å². The third-order valence-electron chi connectivity index (χ3n) is 5.30. The summed E-state index contributed by atoms with van der Waals surface area (Å²) in [4.78, 5) is 34.3. The molecule has 1 aromatic carbocycles. The van der Waals surface area contributed by atoms with Gasteiger partial charge in [0.25, 0.3) is 0 Å². The van der Waals surface area contributed by atoms with Gasteiger partial charge in [0.1, 0.15) is 23.9 Å². The van der Waals surface area contributed by atoms with E-state index in [-0.39, 0.29) is 48.6 Å². The number of β-lactam (4-membered cyclic amide) rings is 1. The van der Waals surface area contributed by atoms with Gasteiger partial charge in [0.15, 0.2) is 23.2 Å². The summed E-state index contributed by atoms with van der Waals surface area (Å²) in [6, 6.07) is 3.71. The van der Waals surface area contributed by atoms with Gasteiger partial charge in [-0.3, -0.25) is 19.6 Å². The topological polar surface area (TPSA) is 232 Å². The predicted molar refractivity (Wildman–Crippen MR) is 129 cm³/mol. The maximum absolute atomic E-state index is 12.9. The van der Waals surface area contributed by atoms with Crippen LogP contribution in [-0.4, -0.2) is 69.9 Å². The molecular weight excluding hydrogens is 516 g/mol. The number of rotatable bonds is 12. The number of oxime groups is 1. The van der Waals surface area contributed by atoms with Crippen molar-refractivity contribution in [1.29, 1.82) is 5.41 Å². The molecule has 1 aromatic heterocycles. The fourth-order valence-corrected chi connectivity index (χ4v) is 4.95. The number of nitrogens with zero attached hydrogens (tertiary/aromatic N) is 3. The molecule has 2 atom stereocenters. The number of thiazole rings is 1. The molecule has 194 valence electrons. The smallest absolute Gasteiger partial charge is 0.362 e. The zero-order chi connectivity index (χ0) is 26.6. The molecule has 1 aliphatic rings. The number of Topliss-reactive ketones (excluding diaryl/α,β-unsaturated/α-hetero) is 1. The minimum Gasteiger partial charge on any atom is -0.490 e. The SMILES string of the molecule is C[C@H]1[C@H](CC(=O)/C(=N\OCCOc2ccc(C(=N)N)cc2CO)c2csc(N)n2)C(=O)N1S(=O)(=O)O. The monoisotopic (exact) mass is 540 g/mol. The number of anilines is 1. The molecule has 1 aliphatic heterocycles. The van der Waals surface area contributed by atoms with Gasteiger partial charge in [0.2, 0.25) is 5.91 Å². The number of amides is 1. The van der Waals surface area contributed by atoms with E-state index in [9.17, 15) is 23.1 Å². The molecule has 3 rings (SSSR count). The van der Waals surface area contributed by atoms with Crippen LogP contribution in [0.25, 0.3) is 0 Å². The van der Waals surface area contributed by atoms with Crippen molar-refractivity contribution < 1.29 is 37.2 Å². The normalized spacial score (nSPS) is 18.0. The van der Waals surface area contributed by atoms with Gasteiger partial charge in [-0.25, -0.2) is 9.29 Å². The Hall–Kier alpha value is -3.60. The van der Waals surface area contributed by atoms with Crippen LogP contribution in [0.3, 0.4) is 0 Å². The lowest BCUT2D eigenvalue weighted by molar-refractivity contribution is -0.147. The van der Waals surface area contributed by atoms with Gasteiger partial charge in [-0.05, 0) is 25.1 Å². The number of nitrogens with one attached hydrogen (secondary N) is 1. The second-order valence-corrected chi connectivity index (χ2v) is 9.85. The first-order valence-electron chi connectivity index (χ1n) is 10.4. The second-order valence-electron chi connectivity index (χ2n) is 7.67. The Morgan fingerprint density at radius 2 is 2.08 bits per heavy atom. The van der Waals surface area contributed by atoms with Crippen LogP contribution >= 0.6 is 11.3 Å². The standard InChI is InChI=1S/C20H24N6O8S2/c1-10-13(19(29)26(10)36(30,31)32)7-15(28)17(14-9-35-20(23)24-14)25-34-5-4-33-16-3-2-11(18(21)22)6-12(16)8-27/h2-3,6,9-10,13,27H,4-5,7-8H2,1H3,(H3,21,22)(H2,23,24)(H,30,31,32)/b25-17-/t10-,13-/m0/s1. The summed E-state index contributed by atoms with van der Waals surface area (Å²) in [5.41, 5.74) is 11.8. The van der Waals surface area contributed by atoms with Crippen LogP contribution in [0.1, 0.15) is 30.2 Å². The molecule has 1 fully saturated rings. The first-order chi connectivity index (χ1) is 16.9. The number of carbonyl (C=O) groups is 2. The van der Waals surface area contributed by atoms with Gasteiger partial charge in [0, 0.05) is 22.9 Å². The van der Waals surface area contributed by atoms with E-state index in [0.717, 1.165) is 11.3 Å². The van der Waals surface area contributed by atoms with Crippen molar-refractivity contribution in [1.82, 2.24) is 9.29 Å². The number of carbonyl (C=O) groups excluding carboxylic acids is 2. The highest BCUT2D eigenvalue weighted by atomic mass is 32.2. The van der Waals surface area contributed by atoms with Crippen LogP contribution in [0.5, 0.6) is 5.75 Å². The summed E-state index contributed by atoms with van der Waals surface area (Å²) in [6.45, 7) is 0.929. The van der Waals surface area contributed by atoms with Crippen molar-refractivity contribution >= 4 is 50.0 Å². The minimum atomic E-state index is -4.71. The van der Waals surface area contributed by atoms with E-state index >= 15 is 0 Å². The number of nitrogens with two attached hydrogens (primary N) is 2. The Kier molecular flexibility index (Phi) is 8.24. The van der Waals surface area contributed by atoms with Crippen LogP contribution in [0.2, 0.25) is 0 Å². The molecule has 16 heteroatoms. The summed E-state index contributed by atoms with van der Waals surface area (Å²) in [5.74, 6) is -2.32. The Bertz CT molecular complexity index is 1310. The number of aliphatic hydroxyl groups is 1. The summed E-state index contributed by atoms with van der Waals surface area (Å²) in [7, 11) is -4.71. The van der Waals surface area contributed by atoms with Gasteiger partial charge in [-0.2, -0.15) is 8.42 Å². The molecule has 0 spiro atoms. The van der Waals surface area contributed by atoms with Crippen LogP contribution < -0.4 is 16.2 Å². The molecule has 2 heterocycles. The minimum absolute atomic E-state index is 0.0158. The zero-order valence-electron chi connectivity index (χ0n) is 18.9. The molecule has 0 bridgehead atoms. The van der Waals surface area contributed by atoms with Crippen LogP contribution in [-0.2, 0) is 31.3 Å². The molecular formula is C20H24N6O8S2. The first kappa shape index (κ1) is 27.0. The van der Waals surface area contributed by atoms with E-state index in [4.69, 9.17) is 31.0 Å². The highest BCUT2D eigenvalue weighted by molar-refractivity contribution is 7.84. The molecule has 2 aromatic rings. The number of aliphatic hydroxyl groups excluding tert-OH is 1. The number of aromatic nitrogens is 1. The number of ether oxygens (including phenoxy) is 1. The highest BCUT2D eigenvalue weighted by Crippen LogP contribution is 2.32. The average molecular weight is 541 g/mol. The Labute approximate surface area is 209 Å². The van der Waals surface area contributed by atoms with Crippen molar-refractivity contribution in [2.45, 2.75) is 26.0 Å². The van der Waals surface area contributed by atoms with Crippen molar-refractivity contribution in [3.8, 4) is 5.75 Å². The molecule has 0 radical (unpaired) electrons. The Morgan fingerprint density at radius 3 is 2.64 bits per heavy atom. The fraction of sp³-hybridized carbons (Fsp3) is 0.350. The van der Waals surface area contributed by atoms with E-state index in [1.165, 1.54) is 18.4 Å². The number of hydrogen-bond donors (Lipinski definition) is 5. The van der Waals surface area contributed by atoms with Gasteiger partial charge in [-0.15, -0.1) is 11.3 Å². The molecule has 0 saturated carbocycles. The van der Waals surface area contributed by atoms with E-state index < -0.39 is 34.0 Å². The molecule has 0 unspecified atom stereocenters. The number of nitrogen functional groups attached to an aromatic ring is 2. The lowest BCUT2D eigenvalue weighted by atomic mass is 9.86. The van der Waals surface area contributed by atoms with E-state index in [0.29, 0.717) is 21.2 Å². The molecule has 0 aliphatic carbocycles. The summed E-state index contributed by atoms with van der Waals surface area (Å²) < 4.78 is 37.6. The molecule has 36 heavy (non-hydrogen) atoms. The lowest BCUT2D eigenvalue weighted by Gasteiger charge is -2.41. The van der Waals surface area contributed by atoms with E-state index in [1.807, 2.05) is 0 Å². The summed E-state index contributed by atoms with van der Waals surface area (Å²) in [5, 5.41) is 22.5. The molecule has 7 N–H and O–H groups in total. The summed E-state index contributed by atoms with van der Waals surface area (Å²) in [6.07, 6.45) is -0.384. The molecule has 1 amide bonds. The molecule has 1 saturated heterocycles. The Morgan fingerprint density at radius 1 is 1.36 bits per heavy atom. The highest BCUT2D eigenvalue weighted by Gasteiger charge is 2.51. The molecule has 14 nitrogen and oxygen atoms in total. The fourth-order valence-electron chi connectivity index (χ4n) is 3.48. The van der Waals surface area contributed by atoms with E-state index in [2.05, 4.69) is 10.1 Å².